The van der Waals surface area contributed by atoms with Crippen molar-refractivity contribution in [2.75, 3.05) is 12.0 Å². The van der Waals surface area contributed by atoms with Crippen molar-refractivity contribution >= 4 is 34.8 Å². The third-order valence-electron chi connectivity index (χ3n) is 0.348. The Hall–Kier alpha value is 1.41. The Bertz CT molecular complexity index is 19.2. The number of hydrogen-bond acceptors (Lipinski definition) is 1. The van der Waals surface area contributed by atoms with Crippen molar-refractivity contribution in [2.24, 2.45) is 0 Å². The predicted octanol–water partition coefficient (Wildman–Crippen LogP) is -1.80. The van der Waals surface area contributed by atoms with Crippen LogP contribution in [0.2, 0.25) is 0 Å². The molecule has 0 aromatic heterocycles. The van der Waals surface area contributed by atoms with Crippen LogP contribution >= 0.6 is 11.8 Å². The van der Waals surface area contributed by atoms with E-state index in [1.54, 1.807) is 0 Å². The van der Waals surface area contributed by atoms with Gasteiger partial charge in [0.05, 0.1) is 0 Å². The Morgan fingerprint density at radius 1 is 1.57 bits per heavy atom. The summed E-state index contributed by atoms with van der Waals surface area (Å²) in [6.45, 7) is 3.65. The second kappa shape index (κ2) is 15.7. The maximum atomic E-state index is 3.65. The van der Waals surface area contributed by atoms with Crippen LogP contribution in [0, 0.1) is 6.92 Å². The van der Waals surface area contributed by atoms with Gasteiger partial charge in [0.25, 0.3) is 0 Å². The van der Waals surface area contributed by atoms with Crippen molar-refractivity contribution in [3.05, 3.63) is 6.92 Å². The van der Waals surface area contributed by atoms with Crippen LogP contribution in [0.4, 0.5) is 0 Å². The molecular weight excluding hydrogens is 140 g/mol. The molecule has 0 radical (unpaired) electrons. The van der Waals surface area contributed by atoms with E-state index in [1.165, 1.54) is 5.75 Å². The fourth-order valence-corrected chi connectivity index (χ4v) is 0.433. The number of thioether (sulfide) groups is 1. The molecule has 0 aromatic rings. The first-order valence-corrected chi connectivity index (χ1v) is 3.09. The van der Waals surface area contributed by atoms with Crippen molar-refractivity contribution in [1.82, 2.24) is 0 Å². The first kappa shape index (κ1) is 15.8. The monoisotopic (exact) mass is 148 g/mol. The molecular formula is C4H9ClMgS. The summed E-state index contributed by atoms with van der Waals surface area (Å²) in [7, 11) is 0. The second-order valence-corrected chi connectivity index (χ2v) is 1.83. The molecule has 0 atom stereocenters. The molecule has 0 aromatic carbocycles. The summed E-state index contributed by atoms with van der Waals surface area (Å²) in [5.74, 6) is 1.19. The van der Waals surface area contributed by atoms with Gasteiger partial charge in [-0.3, -0.25) is 0 Å². The molecule has 0 aliphatic heterocycles. The van der Waals surface area contributed by atoms with Crippen LogP contribution in [0.15, 0.2) is 0 Å². The van der Waals surface area contributed by atoms with Gasteiger partial charge in [-0.2, -0.15) is 18.2 Å². The van der Waals surface area contributed by atoms with E-state index in [4.69, 9.17) is 0 Å². The zero-order valence-electron chi connectivity index (χ0n) is 4.61. The molecule has 40 valence electrons. The van der Waals surface area contributed by atoms with Gasteiger partial charge in [0.2, 0.25) is 0 Å². The fraction of sp³-hybridized carbons (Fsp3) is 0.750. The standard InChI is InChI=1S/C4H9S.ClH.Mg/c1-3-4-5-2;;/h1,3-4H2,2H3;1H;/q-1;;+2/p-1. The minimum Gasteiger partial charge on any atom is -1.00 e. The molecule has 0 bridgehead atoms. The smallest absolute Gasteiger partial charge is 1.00 e. The molecule has 3 heteroatoms. The average Bonchev–Trinajstić information content (AvgIpc) is 1.41. The van der Waals surface area contributed by atoms with E-state index in [1.807, 2.05) is 11.8 Å². The van der Waals surface area contributed by atoms with Crippen molar-refractivity contribution in [1.29, 1.82) is 0 Å². The molecule has 7 heavy (non-hydrogen) atoms. The molecule has 0 aliphatic carbocycles. The van der Waals surface area contributed by atoms with Gasteiger partial charge >= 0.3 is 23.1 Å². The van der Waals surface area contributed by atoms with Gasteiger partial charge in [0.1, 0.15) is 0 Å². The quantitative estimate of drug-likeness (QED) is 0.329. The molecule has 0 N–H and O–H groups in total. The summed E-state index contributed by atoms with van der Waals surface area (Å²) >= 11 is 1.84. The summed E-state index contributed by atoms with van der Waals surface area (Å²) in [5.41, 5.74) is 0. The Morgan fingerprint density at radius 3 is 2.00 bits per heavy atom. The molecule has 0 spiro atoms. The van der Waals surface area contributed by atoms with Gasteiger partial charge < -0.3 is 19.3 Å². The maximum Gasteiger partial charge on any atom is 2.00 e. The average molecular weight is 149 g/mol. The van der Waals surface area contributed by atoms with Gasteiger partial charge in [0, 0.05) is 0 Å². The van der Waals surface area contributed by atoms with Crippen molar-refractivity contribution in [3.63, 3.8) is 0 Å². The molecule has 0 unspecified atom stereocenters. The minimum absolute atomic E-state index is 0. The summed E-state index contributed by atoms with van der Waals surface area (Å²) < 4.78 is 0. The summed E-state index contributed by atoms with van der Waals surface area (Å²) in [6.07, 6.45) is 3.15. The maximum absolute atomic E-state index is 3.65. The van der Waals surface area contributed by atoms with E-state index in [0.29, 0.717) is 0 Å². The van der Waals surface area contributed by atoms with E-state index in [2.05, 4.69) is 13.2 Å². The van der Waals surface area contributed by atoms with Crippen LogP contribution in [-0.2, 0) is 0 Å². The first-order valence-electron chi connectivity index (χ1n) is 1.70. The number of rotatable bonds is 2. The van der Waals surface area contributed by atoms with Gasteiger partial charge in [-0.15, -0.1) is 0 Å². The van der Waals surface area contributed by atoms with E-state index in [0.717, 1.165) is 6.42 Å². The molecule has 0 fully saturated rings. The van der Waals surface area contributed by atoms with Crippen LogP contribution < -0.4 is 12.4 Å². The SMILES string of the molecule is [CH2-]CCSC.[Cl-].[Mg+2]. The Morgan fingerprint density at radius 2 is 2.00 bits per heavy atom. The molecule has 0 rings (SSSR count). The van der Waals surface area contributed by atoms with Gasteiger partial charge in [-0.25, -0.2) is 0 Å². The van der Waals surface area contributed by atoms with Crippen LogP contribution in [-0.4, -0.2) is 35.1 Å². The molecule has 0 amide bonds. The van der Waals surface area contributed by atoms with Gasteiger partial charge in [0.15, 0.2) is 0 Å². The fourth-order valence-electron chi connectivity index (χ4n) is 0.144. The van der Waals surface area contributed by atoms with Crippen molar-refractivity contribution in [2.45, 2.75) is 6.42 Å². The van der Waals surface area contributed by atoms with Gasteiger partial charge in [-0.05, 0) is 12.0 Å². The molecule has 0 saturated carbocycles. The van der Waals surface area contributed by atoms with E-state index in [-0.39, 0.29) is 35.5 Å². The van der Waals surface area contributed by atoms with E-state index < -0.39 is 0 Å². The van der Waals surface area contributed by atoms with Crippen molar-refractivity contribution < 1.29 is 12.4 Å². The Labute approximate surface area is 72.4 Å². The summed E-state index contributed by atoms with van der Waals surface area (Å²) in [4.78, 5) is 0. The molecule has 0 aliphatic rings. The molecule has 0 nitrogen and oxygen atoms in total. The normalized spacial score (nSPS) is 6.00. The van der Waals surface area contributed by atoms with Crippen LogP contribution in [0.25, 0.3) is 0 Å². The Balaban J connectivity index is -0.0000000800. The molecule has 0 saturated heterocycles. The van der Waals surface area contributed by atoms with Crippen LogP contribution in [0.1, 0.15) is 6.42 Å². The zero-order chi connectivity index (χ0) is 4.12. The Kier molecular flexibility index (Phi) is 35.3. The second-order valence-electron chi connectivity index (χ2n) is 0.846. The van der Waals surface area contributed by atoms with Crippen LogP contribution in [0.5, 0.6) is 0 Å². The number of halogens is 1. The summed E-state index contributed by atoms with van der Waals surface area (Å²) in [6, 6.07) is 0. The summed E-state index contributed by atoms with van der Waals surface area (Å²) in [5, 5.41) is 0. The number of hydrogen-bond donors (Lipinski definition) is 0. The third-order valence-corrected chi connectivity index (χ3v) is 1.05. The first-order chi connectivity index (χ1) is 2.41. The zero-order valence-corrected chi connectivity index (χ0v) is 7.60. The minimum atomic E-state index is 0. The largest absolute Gasteiger partial charge is 2.00 e. The van der Waals surface area contributed by atoms with Crippen molar-refractivity contribution in [3.8, 4) is 0 Å². The van der Waals surface area contributed by atoms with Crippen LogP contribution in [0.3, 0.4) is 0 Å². The van der Waals surface area contributed by atoms with Gasteiger partial charge in [-0.1, -0.05) is 0 Å². The topological polar surface area (TPSA) is 0 Å². The third kappa shape index (κ3) is 18.7. The predicted molar refractivity (Wildman–Crippen MR) is 34.1 cm³/mol. The molecule has 0 heterocycles. The van der Waals surface area contributed by atoms with E-state index >= 15 is 0 Å². The van der Waals surface area contributed by atoms with E-state index in [9.17, 15) is 0 Å².